The van der Waals surface area contributed by atoms with Crippen LogP contribution >= 0.6 is 11.3 Å². The van der Waals surface area contributed by atoms with Crippen LogP contribution in [0.2, 0.25) is 0 Å². The summed E-state index contributed by atoms with van der Waals surface area (Å²) in [4.78, 5) is 44.8. The van der Waals surface area contributed by atoms with Gasteiger partial charge in [0.1, 0.15) is 23.3 Å². The number of likely N-dealkylation sites (N-methyl/N-ethyl adjacent to an activating group) is 1. The van der Waals surface area contributed by atoms with Gasteiger partial charge in [-0.2, -0.15) is 4.39 Å². The number of methoxy groups -OCH3 is 1. The molecule has 1 aliphatic heterocycles. The highest BCUT2D eigenvalue weighted by atomic mass is 32.1. The smallest absolute Gasteiger partial charge is 0.305 e. The highest BCUT2D eigenvalue weighted by Crippen LogP contribution is 2.36. The van der Waals surface area contributed by atoms with E-state index in [1.807, 2.05) is 32.0 Å². The number of ether oxygens (including phenoxy) is 1. The van der Waals surface area contributed by atoms with Gasteiger partial charge in [0.15, 0.2) is 4.80 Å². The standard InChI is InChI=1S/C30H27FN4O6S/c1-5-33(6-2)29(37)26-17(3)32-30-34(27(26)20-9-7-8-10-24(20)40-4)28(36)25(42-30)16-19-12-14-23(41-19)18-11-13-21(31)22(15-18)35(38)39/h7-16,27H,5-6H2,1-4H3/b25-16+/t27-/m1/s1. The van der Waals surface area contributed by atoms with E-state index in [1.165, 1.54) is 17.7 Å². The number of hydrogen-bond donors (Lipinski definition) is 0. The van der Waals surface area contributed by atoms with Crippen molar-refractivity contribution in [3.63, 3.8) is 0 Å². The molecule has 0 N–H and O–H groups in total. The summed E-state index contributed by atoms with van der Waals surface area (Å²) in [6.45, 7) is 6.54. The molecule has 0 saturated heterocycles. The first-order chi connectivity index (χ1) is 20.2. The second kappa shape index (κ2) is 11.6. The third-order valence-corrected chi connectivity index (χ3v) is 8.05. The number of hydrogen-bond acceptors (Lipinski definition) is 8. The number of rotatable bonds is 8. The topological polar surface area (TPSA) is 120 Å². The first-order valence-corrected chi connectivity index (χ1v) is 14.0. The number of amides is 1. The molecule has 0 bridgehead atoms. The van der Waals surface area contributed by atoms with E-state index in [2.05, 4.69) is 4.99 Å². The van der Waals surface area contributed by atoms with Gasteiger partial charge in [-0.25, -0.2) is 4.99 Å². The fraction of sp³-hybridized carbons (Fsp3) is 0.233. The third kappa shape index (κ3) is 5.05. The minimum Gasteiger partial charge on any atom is -0.496 e. The molecule has 0 radical (unpaired) electrons. The van der Waals surface area contributed by atoms with Crippen molar-refractivity contribution in [2.75, 3.05) is 20.2 Å². The Hall–Kier alpha value is -4.84. The van der Waals surface area contributed by atoms with Crippen molar-refractivity contribution in [1.29, 1.82) is 0 Å². The molecule has 0 saturated carbocycles. The molecule has 42 heavy (non-hydrogen) atoms. The summed E-state index contributed by atoms with van der Waals surface area (Å²) in [5.74, 6) is -0.0511. The Kier molecular flexibility index (Phi) is 7.90. The Bertz CT molecular complexity index is 1920. The van der Waals surface area contributed by atoms with Crippen LogP contribution in [0.15, 0.2) is 80.1 Å². The van der Waals surface area contributed by atoms with Crippen LogP contribution in [0.4, 0.5) is 10.1 Å². The summed E-state index contributed by atoms with van der Waals surface area (Å²) in [6, 6.07) is 13.2. The summed E-state index contributed by atoms with van der Waals surface area (Å²) >= 11 is 1.15. The Balaban J connectivity index is 1.65. The van der Waals surface area contributed by atoms with E-state index >= 15 is 0 Å². The van der Waals surface area contributed by atoms with E-state index in [4.69, 9.17) is 9.15 Å². The van der Waals surface area contributed by atoms with Crippen LogP contribution in [-0.2, 0) is 4.79 Å². The molecule has 0 aliphatic carbocycles. The summed E-state index contributed by atoms with van der Waals surface area (Å²) in [7, 11) is 1.54. The lowest BCUT2D eigenvalue weighted by Gasteiger charge is -2.29. The molecule has 1 amide bonds. The van der Waals surface area contributed by atoms with Crippen LogP contribution in [0.25, 0.3) is 17.4 Å². The summed E-state index contributed by atoms with van der Waals surface area (Å²) in [5, 5.41) is 11.2. The zero-order chi connectivity index (χ0) is 30.1. The number of nitrogens with zero attached hydrogens (tertiary/aromatic N) is 4. The van der Waals surface area contributed by atoms with Crippen molar-refractivity contribution in [1.82, 2.24) is 9.47 Å². The zero-order valence-electron chi connectivity index (χ0n) is 23.3. The first kappa shape index (κ1) is 28.7. The molecule has 2 aromatic carbocycles. The molecule has 216 valence electrons. The number of allylic oxidation sites excluding steroid dienone is 1. The fourth-order valence-corrected chi connectivity index (χ4v) is 6.01. The number of thiazole rings is 1. The van der Waals surface area contributed by atoms with Crippen LogP contribution in [0.1, 0.15) is 38.1 Å². The number of nitro benzene ring substituents is 1. The summed E-state index contributed by atoms with van der Waals surface area (Å²) in [5.41, 5.74) is 0.822. The molecule has 2 aromatic heterocycles. The molecule has 10 nitrogen and oxygen atoms in total. The maximum Gasteiger partial charge on any atom is 0.305 e. The van der Waals surface area contributed by atoms with Crippen molar-refractivity contribution >= 4 is 29.0 Å². The van der Waals surface area contributed by atoms with Gasteiger partial charge in [-0.1, -0.05) is 29.5 Å². The summed E-state index contributed by atoms with van der Waals surface area (Å²) in [6.07, 6.45) is 1.55. The van der Waals surface area contributed by atoms with Gasteiger partial charge in [0, 0.05) is 36.4 Å². The molecular formula is C30H27FN4O6S. The average Bonchev–Trinajstić information content (AvgIpc) is 3.57. The van der Waals surface area contributed by atoms with Crippen LogP contribution in [0.3, 0.4) is 0 Å². The predicted molar refractivity (Wildman–Crippen MR) is 155 cm³/mol. The number of benzene rings is 2. The Morgan fingerprint density at radius 3 is 2.64 bits per heavy atom. The van der Waals surface area contributed by atoms with Gasteiger partial charge in [0.2, 0.25) is 5.82 Å². The number of nitro groups is 1. The quantitative estimate of drug-likeness (QED) is 0.221. The van der Waals surface area contributed by atoms with Gasteiger partial charge >= 0.3 is 5.69 Å². The van der Waals surface area contributed by atoms with E-state index in [0.29, 0.717) is 56.3 Å². The van der Waals surface area contributed by atoms with E-state index < -0.39 is 22.5 Å². The number of carbonyl (C=O) groups excluding carboxylic acids is 1. The number of fused-ring (bicyclic) bond motifs is 1. The van der Waals surface area contributed by atoms with Crippen molar-refractivity contribution in [2.24, 2.45) is 4.99 Å². The first-order valence-electron chi connectivity index (χ1n) is 13.2. The molecule has 4 aromatic rings. The normalized spacial score (nSPS) is 14.9. The van der Waals surface area contributed by atoms with Crippen molar-refractivity contribution in [2.45, 2.75) is 26.8 Å². The molecule has 0 unspecified atom stereocenters. The van der Waals surface area contributed by atoms with Gasteiger partial charge in [-0.05, 0) is 51.1 Å². The molecule has 3 heterocycles. The molecule has 1 atom stereocenters. The molecule has 5 rings (SSSR count). The highest BCUT2D eigenvalue weighted by molar-refractivity contribution is 7.07. The zero-order valence-corrected chi connectivity index (χ0v) is 24.1. The van der Waals surface area contributed by atoms with Gasteiger partial charge in [0.05, 0.1) is 27.8 Å². The number of para-hydroxylation sites is 1. The van der Waals surface area contributed by atoms with Gasteiger partial charge in [-0.15, -0.1) is 0 Å². The van der Waals surface area contributed by atoms with Gasteiger partial charge in [0.25, 0.3) is 11.5 Å². The number of halogens is 1. The monoisotopic (exact) mass is 590 g/mol. The second-order valence-electron chi connectivity index (χ2n) is 9.43. The van der Waals surface area contributed by atoms with Crippen molar-refractivity contribution in [3.05, 3.63) is 113 Å². The minimum absolute atomic E-state index is 0.212. The van der Waals surface area contributed by atoms with E-state index in [-0.39, 0.29) is 17.2 Å². The molecular weight excluding hydrogens is 563 g/mol. The maximum atomic E-state index is 14.0. The number of carbonyl (C=O) groups is 1. The molecule has 12 heteroatoms. The highest BCUT2D eigenvalue weighted by Gasteiger charge is 2.35. The Labute approximate surface area is 243 Å². The van der Waals surface area contributed by atoms with Crippen LogP contribution < -0.4 is 19.6 Å². The van der Waals surface area contributed by atoms with E-state index in [0.717, 1.165) is 23.5 Å². The van der Waals surface area contributed by atoms with Crippen molar-refractivity contribution in [3.8, 4) is 17.1 Å². The van der Waals surface area contributed by atoms with E-state index in [1.54, 1.807) is 36.1 Å². The third-order valence-electron chi connectivity index (χ3n) is 7.06. The lowest BCUT2D eigenvalue weighted by Crippen LogP contribution is -2.43. The molecule has 0 fully saturated rings. The molecule has 0 spiro atoms. The van der Waals surface area contributed by atoms with Crippen LogP contribution in [0.5, 0.6) is 5.75 Å². The van der Waals surface area contributed by atoms with Crippen molar-refractivity contribution < 1.29 is 23.3 Å². The minimum atomic E-state index is -0.949. The Morgan fingerprint density at radius 1 is 1.21 bits per heavy atom. The van der Waals surface area contributed by atoms with Gasteiger partial charge < -0.3 is 14.1 Å². The van der Waals surface area contributed by atoms with E-state index in [9.17, 15) is 24.1 Å². The number of aromatic nitrogens is 1. The van der Waals surface area contributed by atoms with Crippen LogP contribution in [-0.4, -0.2) is 40.5 Å². The summed E-state index contributed by atoms with van der Waals surface area (Å²) < 4.78 is 27.1. The molecule has 1 aliphatic rings. The average molecular weight is 591 g/mol. The Morgan fingerprint density at radius 2 is 1.95 bits per heavy atom. The SMILES string of the molecule is CCN(CC)C(=O)C1=C(C)N=c2s/c(=C/c3ccc(-c4ccc(F)c([N+](=O)[O-])c4)o3)c(=O)n2[C@@H]1c1ccccc1OC. The fourth-order valence-electron chi connectivity index (χ4n) is 4.98. The maximum absolute atomic E-state index is 14.0. The van der Waals surface area contributed by atoms with Gasteiger partial charge in [-0.3, -0.25) is 24.3 Å². The largest absolute Gasteiger partial charge is 0.496 e. The predicted octanol–water partition coefficient (Wildman–Crippen LogP) is 4.42. The second-order valence-corrected chi connectivity index (χ2v) is 10.4. The number of furan rings is 1. The lowest BCUT2D eigenvalue weighted by molar-refractivity contribution is -0.387. The lowest BCUT2D eigenvalue weighted by atomic mass is 9.94. The van der Waals surface area contributed by atoms with Crippen LogP contribution in [0, 0.1) is 15.9 Å².